The summed E-state index contributed by atoms with van der Waals surface area (Å²) in [5, 5.41) is 0.749. The van der Waals surface area contributed by atoms with Crippen molar-refractivity contribution in [1.29, 1.82) is 0 Å². The van der Waals surface area contributed by atoms with E-state index in [9.17, 15) is 4.79 Å². The van der Waals surface area contributed by atoms with Crippen molar-refractivity contribution in [2.24, 2.45) is 4.99 Å². The predicted octanol–water partition coefficient (Wildman–Crippen LogP) is 4.08. The van der Waals surface area contributed by atoms with E-state index in [0.717, 1.165) is 61.4 Å². The van der Waals surface area contributed by atoms with Gasteiger partial charge in [0.25, 0.3) is 5.91 Å². The lowest BCUT2D eigenvalue weighted by atomic mass is 10.2. The molecule has 0 atom stereocenters. The lowest BCUT2D eigenvalue weighted by Crippen LogP contribution is -2.38. The highest BCUT2D eigenvalue weighted by Gasteiger charge is 2.33. The van der Waals surface area contributed by atoms with Gasteiger partial charge in [0.1, 0.15) is 0 Å². The van der Waals surface area contributed by atoms with E-state index in [0.29, 0.717) is 11.4 Å². The first-order valence-corrected chi connectivity index (χ1v) is 11.8. The molecule has 0 aliphatic carbocycles. The average Bonchev–Trinajstić information content (AvgIpc) is 3.09. The standard InChI is InChI=1S/C25H30N4O2S/c1-27(2)22-11-9-20(10-12-22)19-23-24(30)29(14-6-13-28-15-17-31-18-16-28)25(32-23)26-21-7-4-3-5-8-21/h3-5,7-12,19H,6,13-18H2,1-2H3/b23-19+,26-25?. The van der Waals surface area contributed by atoms with Gasteiger partial charge < -0.3 is 9.64 Å². The number of aliphatic imine (C=N–C) groups is 1. The van der Waals surface area contributed by atoms with Crippen molar-refractivity contribution in [3.05, 3.63) is 65.1 Å². The number of carbonyl (C=O) groups excluding carboxylic acids is 1. The van der Waals surface area contributed by atoms with Gasteiger partial charge in [0.2, 0.25) is 0 Å². The Morgan fingerprint density at radius 3 is 2.44 bits per heavy atom. The van der Waals surface area contributed by atoms with E-state index in [-0.39, 0.29) is 5.91 Å². The largest absolute Gasteiger partial charge is 0.379 e. The maximum atomic E-state index is 13.3. The summed E-state index contributed by atoms with van der Waals surface area (Å²) < 4.78 is 5.43. The molecule has 2 fully saturated rings. The number of rotatable bonds is 7. The van der Waals surface area contributed by atoms with Crippen molar-refractivity contribution < 1.29 is 9.53 Å². The Morgan fingerprint density at radius 1 is 1.03 bits per heavy atom. The van der Waals surface area contributed by atoms with Crippen LogP contribution in [0.1, 0.15) is 12.0 Å². The SMILES string of the molecule is CN(C)c1ccc(/C=C2/SC(=Nc3ccccc3)N(CCCN3CCOCC3)C2=O)cc1. The molecular weight excluding hydrogens is 420 g/mol. The van der Waals surface area contributed by atoms with Crippen molar-refractivity contribution in [3.63, 3.8) is 0 Å². The van der Waals surface area contributed by atoms with Gasteiger partial charge in [0.05, 0.1) is 23.8 Å². The first-order chi connectivity index (χ1) is 15.6. The second-order valence-electron chi connectivity index (χ2n) is 8.09. The van der Waals surface area contributed by atoms with Gasteiger partial charge in [-0.25, -0.2) is 4.99 Å². The third-order valence-electron chi connectivity index (χ3n) is 5.54. The Hall–Kier alpha value is -2.61. The molecule has 2 aromatic carbocycles. The molecule has 0 saturated carbocycles. The Morgan fingerprint density at radius 2 is 1.75 bits per heavy atom. The first-order valence-electron chi connectivity index (χ1n) is 11.0. The topological polar surface area (TPSA) is 48.4 Å². The number of nitrogens with zero attached hydrogens (tertiary/aromatic N) is 4. The molecule has 6 nitrogen and oxygen atoms in total. The van der Waals surface area contributed by atoms with Crippen molar-refractivity contribution in [3.8, 4) is 0 Å². The summed E-state index contributed by atoms with van der Waals surface area (Å²) in [6.07, 6.45) is 2.87. The molecule has 0 N–H and O–H groups in total. The fourth-order valence-corrected chi connectivity index (χ4v) is 4.72. The summed E-state index contributed by atoms with van der Waals surface area (Å²) in [6.45, 7) is 5.12. The maximum absolute atomic E-state index is 13.3. The molecule has 0 spiro atoms. The number of para-hydroxylation sites is 1. The van der Waals surface area contributed by atoms with Crippen LogP contribution in [0.3, 0.4) is 0 Å². The summed E-state index contributed by atoms with van der Waals surface area (Å²) in [5.41, 5.74) is 3.01. The van der Waals surface area contributed by atoms with Crippen LogP contribution in [0.15, 0.2) is 64.5 Å². The summed E-state index contributed by atoms with van der Waals surface area (Å²) in [5.74, 6) is 0.0309. The minimum atomic E-state index is 0.0309. The second kappa shape index (κ2) is 10.8. The third kappa shape index (κ3) is 5.79. The molecule has 4 rings (SSSR count). The van der Waals surface area contributed by atoms with E-state index >= 15 is 0 Å². The number of amidine groups is 1. The van der Waals surface area contributed by atoms with E-state index < -0.39 is 0 Å². The quantitative estimate of drug-likeness (QED) is 0.595. The first kappa shape index (κ1) is 22.6. The zero-order valence-corrected chi connectivity index (χ0v) is 19.6. The molecule has 32 heavy (non-hydrogen) atoms. The van der Waals surface area contributed by atoms with Crippen molar-refractivity contribution in [2.75, 3.05) is 58.4 Å². The van der Waals surface area contributed by atoms with E-state index in [4.69, 9.17) is 9.73 Å². The fraction of sp³-hybridized carbons (Fsp3) is 0.360. The number of amides is 1. The number of hydrogen-bond acceptors (Lipinski definition) is 6. The molecule has 0 radical (unpaired) electrons. The van der Waals surface area contributed by atoms with E-state index in [2.05, 4.69) is 21.9 Å². The van der Waals surface area contributed by atoms with Crippen LogP contribution >= 0.6 is 11.8 Å². The monoisotopic (exact) mass is 450 g/mol. The van der Waals surface area contributed by atoms with Gasteiger partial charge in [-0.05, 0) is 54.1 Å². The zero-order chi connectivity index (χ0) is 22.3. The Bertz CT molecular complexity index is 967. The van der Waals surface area contributed by atoms with Gasteiger partial charge in [0, 0.05) is 46.0 Å². The Labute approximate surface area is 194 Å². The normalized spacial score (nSPS) is 19.8. The van der Waals surface area contributed by atoms with Crippen LogP contribution in [0.25, 0.3) is 6.08 Å². The minimum Gasteiger partial charge on any atom is -0.379 e. The molecule has 7 heteroatoms. The van der Waals surface area contributed by atoms with Crippen LogP contribution in [-0.4, -0.2) is 74.4 Å². The molecule has 1 amide bonds. The number of carbonyl (C=O) groups is 1. The molecule has 2 aliphatic heterocycles. The smallest absolute Gasteiger partial charge is 0.266 e. The molecule has 2 aromatic rings. The highest BCUT2D eigenvalue weighted by Crippen LogP contribution is 2.34. The van der Waals surface area contributed by atoms with Crippen molar-refractivity contribution in [1.82, 2.24) is 9.80 Å². The van der Waals surface area contributed by atoms with E-state index in [1.54, 1.807) is 0 Å². The summed E-state index contributed by atoms with van der Waals surface area (Å²) >= 11 is 1.46. The lowest BCUT2D eigenvalue weighted by Gasteiger charge is -2.27. The highest BCUT2D eigenvalue weighted by atomic mass is 32.2. The van der Waals surface area contributed by atoms with Gasteiger partial charge >= 0.3 is 0 Å². The number of ether oxygens (including phenoxy) is 1. The molecule has 0 bridgehead atoms. The summed E-state index contributed by atoms with van der Waals surface area (Å²) in [6, 6.07) is 18.1. The zero-order valence-electron chi connectivity index (χ0n) is 18.7. The Balaban J connectivity index is 1.51. The van der Waals surface area contributed by atoms with Crippen LogP contribution in [0.4, 0.5) is 11.4 Å². The maximum Gasteiger partial charge on any atom is 0.266 e. The van der Waals surface area contributed by atoms with Crippen LogP contribution < -0.4 is 4.90 Å². The number of benzene rings is 2. The predicted molar refractivity (Wildman–Crippen MR) is 133 cm³/mol. The summed E-state index contributed by atoms with van der Waals surface area (Å²) in [7, 11) is 4.04. The molecule has 2 heterocycles. The summed E-state index contributed by atoms with van der Waals surface area (Å²) in [4.78, 5) is 25.1. The molecule has 168 valence electrons. The van der Waals surface area contributed by atoms with Gasteiger partial charge in [-0.2, -0.15) is 0 Å². The van der Waals surface area contributed by atoms with E-state index in [1.165, 1.54) is 11.8 Å². The average molecular weight is 451 g/mol. The number of hydrogen-bond donors (Lipinski definition) is 0. The van der Waals surface area contributed by atoms with E-state index in [1.807, 2.05) is 67.5 Å². The van der Waals surface area contributed by atoms with Crippen LogP contribution in [0.5, 0.6) is 0 Å². The molecule has 2 saturated heterocycles. The fourth-order valence-electron chi connectivity index (χ4n) is 3.70. The number of anilines is 1. The van der Waals surface area contributed by atoms with Gasteiger partial charge in [0.15, 0.2) is 5.17 Å². The molecule has 0 unspecified atom stereocenters. The molecular formula is C25H30N4O2S. The number of thioether (sulfide) groups is 1. The van der Waals surface area contributed by atoms with Crippen molar-refractivity contribution >= 4 is 40.3 Å². The second-order valence-corrected chi connectivity index (χ2v) is 9.10. The number of morpholine rings is 1. The highest BCUT2D eigenvalue weighted by molar-refractivity contribution is 8.18. The van der Waals surface area contributed by atoms with Gasteiger partial charge in [-0.1, -0.05) is 30.3 Å². The molecule has 0 aromatic heterocycles. The minimum absolute atomic E-state index is 0.0309. The molecule has 2 aliphatic rings. The van der Waals surface area contributed by atoms with Crippen molar-refractivity contribution in [2.45, 2.75) is 6.42 Å². The van der Waals surface area contributed by atoms with Gasteiger partial charge in [-0.15, -0.1) is 0 Å². The van der Waals surface area contributed by atoms with Gasteiger partial charge in [-0.3, -0.25) is 14.6 Å². The Kier molecular flexibility index (Phi) is 7.63. The lowest BCUT2D eigenvalue weighted by molar-refractivity contribution is -0.122. The third-order valence-corrected chi connectivity index (χ3v) is 6.54. The van der Waals surface area contributed by atoms with Crippen LogP contribution in [-0.2, 0) is 9.53 Å². The van der Waals surface area contributed by atoms with Crippen LogP contribution in [0, 0.1) is 0 Å². The van der Waals surface area contributed by atoms with Crippen LogP contribution in [0.2, 0.25) is 0 Å².